The molecule has 2 saturated heterocycles. The molecule has 0 saturated carbocycles. The summed E-state index contributed by atoms with van der Waals surface area (Å²) in [6.45, 7) is 0.919. The van der Waals surface area contributed by atoms with Gasteiger partial charge in [0.15, 0.2) is 5.78 Å². The second kappa shape index (κ2) is 9.08. The van der Waals surface area contributed by atoms with E-state index < -0.39 is 11.6 Å². The molecule has 0 radical (unpaired) electrons. The van der Waals surface area contributed by atoms with Gasteiger partial charge in [-0.05, 0) is 50.0 Å². The third-order valence-electron chi connectivity index (χ3n) is 7.51. The fourth-order valence-electron chi connectivity index (χ4n) is 5.71. The van der Waals surface area contributed by atoms with Crippen molar-refractivity contribution < 1.29 is 23.6 Å². The lowest BCUT2D eigenvalue weighted by atomic mass is 9.74. The van der Waals surface area contributed by atoms with Crippen LogP contribution in [0.1, 0.15) is 70.6 Å². The number of Topliss-reactive ketones (excluding diaryl/α,β-unsaturated/α-hetero) is 1. The van der Waals surface area contributed by atoms with Gasteiger partial charge in [-0.15, -0.1) is 0 Å². The summed E-state index contributed by atoms with van der Waals surface area (Å²) < 4.78 is 5.53. The Bertz CT molecular complexity index is 1120. The van der Waals surface area contributed by atoms with Crippen molar-refractivity contribution in [3.8, 4) is 0 Å². The van der Waals surface area contributed by atoms with E-state index >= 15 is 0 Å². The van der Waals surface area contributed by atoms with Crippen molar-refractivity contribution in [2.75, 3.05) is 13.1 Å². The molecule has 4 amide bonds. The number of aryl methyl sites for hydroxylation is 2. The maximum Gasteiger partial charge on any atom is 0.322 e. The lowest BCUT2D eigenvalue weighted by Gasteiger charge is -2.40. The first-order valence-electron chi connectivity index (χ1n) is 12.1. The van der Waals surface area contributed by atoms with Crippen LogP contribution in [0.25, 0.3) is 0 Å². The topological polar surface area (TPSA) is 109 Å². The van der Waals surface area contributed by atoms with Crippen LogP contribution in [0.2, 0.25) is 0 Å². The lowest BCUT2D eigenvalue weighted by molar-refractivity contribution is -0.127. The Balaban J connectivity index is 1.26. The monoisotopic (exact) mass is 463 g/mol. The Kier molecular flexibility index (Phi) is 5.98. The van der Waals surface area contributed by atoms with Crippen LogP contribution in [0.4, 0.5) is 4.79 Å². The Morgan fingerprint density at radius 2 is 1.85 bits per heavy atom. The first kappa shape index (κ1) is 22.4. The second-order valence-corrected chi connectivity index (χ2v) is 9.51. The molecule has 8 nitrogen and oxygen atoms in total. The van der Waals surface area contributed by atoms with E-state index in [1.54, 1.807) is 4.90 Å². The summed E-state index contributed by atoms with van der Waals surface area (Å²) in [6, 6.07) is 9.62. The number of hydrogen-bond acceptors (Lipinski definition) is 5. The average Bonchev–Trinajstić information content (AvgIpc) is 3.41. The normalized spacial score (nSPS) is 22.9. The van der Waals surface area contributed by atoms with Gasteiger partial charge in [-0.3, -0.25) is 19.7 Å². The molecule has 0 spiro atoms. The van der Waals surface area contributed by atoms with Crippen LogP contribution in [0.15, 0.2) is 41.0 Å². The maximum atomic E-state index is 13.2. The molecule has 3 aliphatic rings. The number of imide groups is 1. The molecule has 8 heteroatoms. The SMILES string of the molecule is O=C1NC(=O)[C@@](CCCc2ccccc2)(C2CCN(C(=O)c3coc4c3C(=O)CCC4)CC2)N1. The van der Waals surface area contributed by atoms with E-state index in [1.165, 1.54) is 11.8 Å². The van der Waals surface area contributed by atoms with Gasteiger partial charge in [-0.1, -0.05) is 30.3 Å². The zero-order chi connectivity index (χ0) is 23.7. The van der Waals surface area contributed by atoms with Crippen molar-refractivity contribution in [1.29, 1.82) is 0 Å². The van der Waals surface area contributed by atoms with Gasteiger partial charge in [-0.2, -0.15) is 0 Å². The summed E-state index contributed by atoms with van der Waals surface area (Å²) >= 11 is 0. The third-order valence-corrected chi connectivity index (χ3v) is 7.51. The fourth-order valence-corrected chi connectivity index (χ4v) is 5.71. The van der Waals surface area contributed by atoms with Crippen LogP contribution in [0.5, 0.6) is 0 Å². The predicted octanol–water partition coefficient (Wildman–Crippen LogP) is 3.25. The maximum absolute atomic E-state index is 13.2. The molecule has 178 valence electrons. The number of fused-ring (bicyclic) bond motifs is 1. The zero-order valence-electron chi connectivity index (χ0n) is 19.1. The highest BCUT2D eigenvalue weighted by Crippen LogP contribution is 2.36. The molecule has 2 aromatic rings. The van der Waals surface area contributed by atoms with Crippen molar-refractivity contribution in [3.63, 3.8) is 0 Å². The first-order chi connectivity index (χ1) is 16.5. The molecule has 3 heterocycles. The highest BCUT2D eigenvalue weighted by Gasteiger charge is 2.52. The summed E-state index contributed by atoms with van der Waals surface area (Å²) in [4.78, 5) is 52.3. The number of urea groups is 1. The van der Waals surface area contributed by atoms with Crippen LogP contribution in [0, 0.1) is 5.92 Å². The molecule has 0 bridgehead atoms. The smallest absolute Gasteiger partial charge is 0.322 e. The summed E-state index contributed by atoms with van der Waals surface area (Å²) in [5.74, 6) is 0.0355. The number of nitrogens with zero attached hydrogens (tertiary/aromatic N) is 1. The number of piperidine rings is 1. The standard InChI is InChI=1S/C26H29N3O5/c30-20-9-4-10-21-22(20)19(16-34-21)23(31)29-14-11-18(12-15-29)26(24(32)27-25(33)28-26)13-5-8-17-6-2-1-3-7-17/h1-3,6-7,16,18H,4-5,8-15H2,(H2,27,28,32,33)/t26-/m1/s1. The van der Waals surface area contributed by atoms with Crippen molar-refractivity contribution in [2.24, 2.45) is 5.92 Å². The van der Waals surface area contributed by atoms with Gasteiger partial charge in [0.1, 0.15) is 17.6 Å². The van der Waals surface area contributed by atoms with Crippen molar-refractivity contribution >= 4 is 23.6 Å². The minimum absolute atomic E-state index is 0.0315. The first-order valence-corrected chi connectivity index (χ1v) is 12.1. The molecule has 5 rings (SSSR count). The zero-order valence-corrected chi connectivity index (χ0v) is 19.1. The van der Waals surface area contributed by atoms with Crippen molar-refractivity contribution in [2.45, 2.75) is 56.9 Å². The summed E-state index contributed by atoms with van der Waals surface area (Å²) in [5.41, 5.74) is 1.03. The number of nitrogens with one attached hydrogen (secondary N) is 2. The fraction of sp³-hybridized carbons (Fsp3) is 0.462. The molecule has 2 fully saturated rings. The van der Waals surface area contributed by atoms with E-state index in [2.05, 4.69) is 22.8 Å². The number of benzene rings is 1. The number of ketones is 1. The number of rotatable bonds is 6. The predicted molar refractivity (Wildman–Crippen MR) is 123 cm³/mol. The number of carbonyl (C=O) groups excluding carboxylic acids is 4. The van der Waals surface area contributed by atoms with Crippen LogP contribution in [-0.4, -0.2) is 47.2 Å². The molecule has 34 heavy (non-hydrogen) atoms. The molecular weight excluding hydrogens is 434 g/mol. The highest BCUT2D eigenvalue weighted by molar-refractivity contribution is 6.09. The Hall–Kier alpha value is -3.42. The lowest BCUT2D eigenvalue weighted by Crippen LogP contribution is -2.56. The van der Waals surface area contributed by atoms with E-state index in [0.717, 1.165) is 19.3 Å². The van der Waals surface area contributed by atoms with Crippen LogP contribution >= 0.6 is 0 Å². The number of likely N-dealkylation sites (tertiary alicyclic amines) is 1. The van der Waals surface area contributed by atoms with Gasteiger partial charge in [0.05, 0.1) is 11.1 Å². The molecular formula is C26H29N3O5. The van der Waals surface area contributed by atoms with Gasteiger partial charge in [0.2, 0.25) is 0 Å². The van der Waals surface area contributed by atoms with E-state index in [4.69, 9.17) is 4.42 Å². The molecule has 2 N–H and O–H groups in total. The van der Waals surface area contributed by atoms with Gasteiger partial charge >= 0.3 is 6.03 Å². The van der Waals surface area contributed by atoms with Crippen molar-refractivity contribution in [1.82, 2.24) is 15.5 Å². The summed E-state index contributed by atoms with van der Waals surface area (Å²) in [5, 5.41) is 5.36. The van der Waals surface area contributed by atoms with Gasteiger partial charge < -0.3 is 14.6 Å². The van der Waals surface area contributed by atoms with Gasteiger partial charge in [0.25, 0.3) is 11.8 Å². The quantitative estimate of drug-likeness (QED) is 0.640. The largest absolute Gasteiger partial charge is 0.468 e. The van der Waals surface area contributed by atoms with Crippen LogP contribution < -0.4 is 10.6 Å². The number of furan rings is 1. The molecule has 0 unspecified atom stereocenters. The third kappa shape index (κ3) is 4.02. The number of carbonyl (C=O) groups is 4. The van der Waals surface area contributed by atoms with E-state index in [9.17, 15) is 19.2 Å². The Labute approximate surface area is 198 Å². The molecule has 2 aliphatic heterocycles. The Morgan fingerprint density at radius 1 is 1.09 bits per heavy atom. The molecule has 1 aromatic heterocycles. The summed E-state index contributed by atoms with van der Waals surface area (Å²) in [6.07, 6.45) is 6.60. The van der Waals surface area contributed by atoms with E-state index in [0.29, 0.717) is 62.1 Å². The molecule has 1 aromatic carbocycles. The number of hydrogen-bond donors (Lipinski definition) is 2. The second-order valence-electron chi connectivity index (χ2n) is 9.51. The molecule has 1 atom stereocenters. The minimum Gasteiger partial charge on any atom is -0.468 e. The van der Waals surface area contributed by atoms with Crippen LogP contribution in [0.3, 0.4) is 0 Å². The van der Waals surface area contributed by atoms with Gasteiger partial charge in [0, 0.05) is 25.9 Å². The minimum atomic E-state index is -0.953. The number of amides is 4. The molecule has 1 aliphatic carbocycles. The average molecular weight is 464 g/mol. The van der Waals surface area contributed by atoms with E-state index in [1.807, 2.05) is 18.2 Å². The Morgan fingerprint density at radius 3 is 2.56 bits per heavy atom. The summed E-state index contributed by atoms with van der Waals surface area (Å²) in [7, 11) is 0. The van der Waals surface area contributed by atoms with Crippen molar-refractivity contribution in [3.05, 3.63) is 59.0 Å². The van der Waals surface area contributed by atoms with Gasteiger partial charge in [-0.25, -0.2) is 4.79 Å². The van der Waals surface area contributed by atoms with Crippen LogP contribution in [-0.2, 0) is 17.6 Å². The van der Waals surface area contributed by atoms with E-state index in [-0.39, 0.29) is 23.5 Å². The highest BCUT2D eigenvalue weighted by atomic mass is 16.3.